The molecule has 5 rings (SSSR count). The first-order valence-electron chi connectivity index (χ1n) is 12.0. The van der Waals surface area contributed by atoms with Crippen LogP contribution in [0.1, 0.15) is 27.5 Å². The van der Waals surface area contributed by atoms with Crippen LogP contribution < -0.4 is 10.7 Å². The molecule has 0 saturated carbocycles. The normalized spacial score (nSPS) is 15.1. The van der Waals surface area contributed by atoms with E-state index in [9.17, 15) is 14.0 Å². The number of nitrogens with zero attached hydrogens (tertiary/aromatic N) is 1. The smallest absolute Gasteiger partial charge is 0.255 e. The van der Waals surface area contributed by atoms with Gasteiger partial charge in [0.15, 0.2) is 11.0 Å². The van der Waals surface area contributed by atoms with Crippen LogP contribution in [0.5, 0.6) is 0 Å². The molecule has 0 spiro atoms. The van der Waals surface area contributed by atoms with Gasteiger partial charge in [0, 0.05) is 30.8 Å². The second-order valence-electron chi connectivity index (χ2n) is 8.86. The number of benzene rings is 3. The van der Waals surface area contributed by atoms with Crippen LogP contribution in [-0.2, 0) is 4.74 Å². The number of carbonyl (C=O) groups is 1. The van der Waals surface area contributed by atoms with E-state index < -0.39 is 0 Å². The molecule has 1 fully saturated rings. The van der Waals surface area contributed by atoms with Gasteiger partial charge in [-0.05, 0) is 36.8 Å². The zero-order chi connectivity index (χ0) is 25.1. The highest BCUT2D eigenvalue weighted by molar-refractivity contribution is 6.05. The molecule has 1 saturated heterocycles. The quantitative estimate of drug-likeness (QED) is 0.427. The minimum atomic E-state index is -0.341. The average molecular weight is 487 g/mol. The summed E-state index contributed by atoms with van der Waals surface area (Å²) < 4.78 is 25.2. The van der Waals surface area contributed by atoms with Gasteiger partial charge in [0.1, 0.15) is 11.6 Å². The lowest BCUT2D eigenvalue weighted by Gasteiger charge is -2.35. The van der Waals surface area contributed by atoms with Gasteiger partial charge < -0.3 is 14.5 Å². The molecule has 1 unspecified atom stereocenters. The SMILES string of the molecule is Cc1c(-c2ccccc2)oc2c(C(=O)NCC(c3ccc(F)cc3)N3CCOCC3)cccc2c1=O. The Morgan fingerprint density at radius 3 is 2.44 bits per heavy atom. The summed E-state index contributed by atoms with van der Waals surface area (Å²) in [6.45, 7) is 4.66. The summed E-state index contributed by atoms with van der Waals surface area (Å²) in [5.74, 6) is -0.198. The molecule has 0 bridgehead atoms. The zero-order valence-corrected chi connectivity index (χ0v) is 20.0. The summed E-state index contributed by atoms with van der Waals surface area (Å²) in [7, 11) is 0. The van der Waals surface area contributed by atoms with Crippen LogP contribution in [0.2, 0.25) is 0 Å². The van der Waals surface area contributed by atoms with Crippen molar-refractivity contribution in [1.29, 1.82) is 0 Å². The van der Waals surface area contributed by atoms with E-state index >= 15 is 0 Å². The Kier molecular flexibility index (Phi) is 6.93. The average Bonchev–Trinajstić information content (AvgIpc) is 2.92. The summed E-state index contributed by atoms with van der Waals surface area (Å²) in [5.41, 5.74) is 2.56. The highest BCUT2D eigenvalue weighted by Crippen LogP contribution is 2.28. The number of para-hydroxylation sites is 1. The fourth-order valence-electron chi connectivity index (χ4n) is 4.67. The topological polar surface area (TPSA) is 71.8 Å². The molecule has 7 heteroatoms. The number of nitrogens with one attached hydrogen (secondary N) is 1. The second-order valence-corrected chi connectivity index (χ2v) is 8.86. The zero-order valence-electron chi connectivity index (χ0n) is 20.0. The minimum absolute atomic E-state index is 0.150. The molecule has 3 aromatic carbocycles. The van der Waals surface area contributed by atoms with Gasteiger partial charge in [0.2, 0.25) is 0 Å². The molecule has 184 valence electrons. The highest BCUT2D eigenvalue weighted by atomic mass is 19.1. The third-order valence-corrected chi connectivity index (χ3v) is 6.62. The Hall–Kier alpha value is -3.81. The van der Waals surface area contributed by atoms with Gasteiger partial charge in [-0.1, -0.05) is 48.5 Å². The van der Waals surface area contributed by atoms with E-state index in [0.717, 1.165) is 11.1 Å². The molecule has 6 nitrogen and oxygen atoms in total. The second kappa shape index (κ2) is 10.4. The van der Waals surface area contributed by atoms with E-state index in [2.05, 4.69) is 10.2 Å². The Labute approximate surface area is 208 Å². The maximum Gasteiger partial charge on any atom is 0.255 e. The third kappa shape index (κ3) is 4.80. The summed E-state index contributed by atoms with van der Waals surface area (Å²) in [4.78, 5) is 28.8. The van der Waals surface area contributed by atoms with Crippen molar-refractivity contribution >= 4 is 16.9 Å². The van der Waals surface area contributed by atoms with Crippen LogP contribution in [-0.4, -0.2) is 43.7 Å². The molecule has 36 heavy (non-hydrogen) atoms. The Morgan fingerprint density at radius 2 is 1.72 bits per heavy atom. The molecule has 4 aromatic rings. The fraction of sp³-hybridized carbons (Fsp3) is 0.241. The molecule has 1 aliphatic rings. The molecule has 1 atom stereocenters. The van der Waals surface area contributed by atoms with E-state index in [1.807, 2.05) is 30.3 Å². The number of rotatable bonds is 6. The molecular weight excluding hydrogens is 459 g/mol. The first kappa shape index (κ1) is 23.9. The van der Waals surface area contributed by atoms with Gasteiger partial charge in [-0.3, -0.25) is 14.5 Å². The molecule has 0 aliphatic carbocycles. The van der Waals surface area contributed by atoms with Crippen LogP contribution in [0.25, 0.3) is 22.3 Å². The number of halogens is 1. The standard InChI is InChI=1S/C29H27FN2O4/c1-19-26(33)23-8-5-9-24(28(23)36-27(19)21-6-3-2-4-7-21)29(34)31-18-25(32-14-16-35-17-15-32)20-10-12-22(30)13-11-20/h2-13,25H,14-18H2,1H3,(H,31,34). The maximum absolute atomic E-state index is 13.6. The molecule has 1 aromatic heterocycles. The van der Waals surface area contributed by atoms with Crippen molar-refractivity contribution < 1.29 is 18.3 Å². The van der Waals surface area contributed by atoms with E-state index in [1.54, 1.807) is 37.3 Å². The molecular formula is C29H27FN2O4. The van der Waals surface area contributed by atoms with Crippen LogP contribution in [0, 0.1) is 12.7 Å². The van der Waals surface area contributed by atoms with E-state index in [-0.39, 0.29) is 28.8 Å². The van der Waals surface area contributed by atoms with Crippen LogP contribution >= 0.6 is 0 Å². The predicted octanol–water partition coefficient (Wildman–Crippen LogP) is 4.71. The van der Waals surface area contributed by atoms with Gasteiger partial charge in [0.05, 0.1) is 30.2 Å². The number of morpholine rings is 1. The monoisotopic (exact) mass is 486 g/mol. The van der Waals surface area contributed by atoms with Gasteiger partial charge in [-0.2, -0.15) is 0 Å². The Bertz CT molecular complexity index is 1430. The number of hydrogen-bond acceptors (Lipinski definition) is 5. The summed E-state index contributed by atoms with van der Waals surface area (Å²) in [6, 6.07) is 20.6. The van der Waals surface area contributed by atoms with Crippen molar-refractivity contribution in [3.63, 3.8) is 0 Å². The van der Waals surface area contributed by atoms with Gasteiger partial charge in [-0.15, -0.1) is 0 Å². The number of ether oxygens (including phenoxy) is 1. The summed E-state index contributed by atoms with van der Waals surface area (Å²) in [6.07, 6.45) is 0. The van der Waals surface area contributed by atoms with E-state index in [1.165, 1.54) is 12.1 Å². The van der Waals surface area contributed by atoms with Crippen molar-refractivity contribution in [1.82, 2.24) is 10.2 Å². The predicted molar refractivity (Wildman–Crippen MR) is 137 cm³/mol. The lowest BCUT2D eigenvalue weighted by Crippen LogP contribution is -2.43. The van der Waals surface area contributed by atoms with Crippen molar-refractivity contribution in [3.8, 4) is 11.3 Å². The van der Waals surface area contributed by atoms with Crippen LogP contribution in [0.15, 0.2) is 82.0 Å². The van der Waals surface area contributed by atoms with Crippen LogP contribution in [0.4, 0.5) is 4.39 Å². The largest absolute Gasteiger partial charge is 0.455 e. The minimum Gasteiger partial charge on any atom is -0.455 e. The Morgan fingerprint density at radius 1 is 1.00 bits per heavy atom. The first-order valence-corrected chi connectivity index (χ1v) is 12.0. The third-order valence-electron chi connectivity index (χ3n) is 6.62. The van der Waals surface area contributed by atoms with Crippen LogP contribution in [0.3, 0.4) is 0 Å². The van der Waals surface area contributed by atoms with Crippen molar-refractivity contribution in [2.45, 2.75) is 13.0 Å². The number of amides is 1. The summed E-state index contributed by atoms with van der Waals surface area (Å²) >= 11 is 0. The first-order chi connectivity index (χ1) is 17.5. The molecule has 1 amide bonds. The van der Waals surface area contributed by atoms with Crippen molar-refractivity contribution in [3.05, 3.63) is 106 Å². The van der Waals surface area contributed by atoms with Crippen molar-refractivity contribution in [2.75, 3.05) is 32.8 Å². The number of hydrogen-bond donors (Lipinski definition) is 1. The van der Waals surface area contributed by atoms with Crippen molar-refractivity contribution in [2.24, 2.45) is 0 Å². The van der Waals surface area contributed by atoms with Gasteiger partial charge >= 0.3 is 0 Å². The number of carbonyl (C=O) groups excluding carboxylic acids is 1. The number of fused-ring (bicyclic) bond motifs is 1. The molecule has 0 radical (unpaired) electrons. The lowest BCUT2D eigenvalue weighted by molar-refractivity contribution is 0.0162. The van der Waals surface area contributed by atoms with Gasteiger partial charge in [-0.25, -0.2) is 4.39 Å². The molecule has 1 N–H and O–H groups in total. The molecule has 1 aliphatic heterocycles. The lowest BCUT2D eigenvalue weighted by atomic mass is 10.0. The highest BCUT2D eigenvalue weighted by Gasteiger charge is 2.25. The van der Waals surface area contributed by atoms with E-state index in [4.69, 9.17) is 9.15 Å². The van der Waals surface area contributed by atoms with E-state index in [0.29, 0.717) is 55.1 Å². The fourth-order valence-corrected chi connectivity index (χ4v) is 4.67. The maximum atomic E-state index is 13.6. The van der Waals surface area contributed by atoms with Gasteiger partial charge in [0.25, 0.3) is 5.91 Å². The molecule has 2 heterocycles. The Balaban J connectivity index is 1.47. The summed E-state index contributed by atoms with van der Waals surface area (Å²) in [5, 5.41) is 3.38.